The molecule has 0 radical (unpaired) electrons. The van der Waals surface area contributed by atoms with Crippen molar-refractivity contribution in [1.82, 2.24) is 0 Å². The largest absolute Gasteiger partial charge is 0.333 e. The van der Waals surface area contributed by atoms with Gasteiger partial charge in [0.15, 0.2) is 5.17 Å². The highest BCUT2D eigenvalue weighted by Crippen LogP contribution is 2.25. The molecule has 1 heterocycles. The van der Waals surface area contributed by atoms with Gasteiger partial charge in [-0.05, 0) is 31.0 Å². The molecule has 4 heteroatoms. The molecule has 1 aromatic rings. The first-order chi connectivity index (χ1) is 7.69. The quantitative estimate of drug-likeness (QED) is 0.853. The standard InChI is InChI=1S/C12H15FN2S/c1-3-9-7-14-12(16-9)15-11-5-4-8(2)6-10(11)13/h4-6,9H,3,7H2,1-2H3,(H,14,15). The summed E-state index contributed by atoms with van der Waals surface area (Å²) >= 11 is 1.69. The Bertz CT molecular complexity index is 417. The first-order valence-corrected chi connectivity index (χ1v) is 6.31. The zero-order chi connectivity index (χ0) is 11.5. The van der Waals surface area contributed by atoms with Crippen molar-refractivity contribution in [3.63, 3.8) is 0 Å². The Morgan fingerprint density at radius 3 is 3.00 bits per heavy atom. The summed E-state index contributed by atoms with van der Waals surface area (Å²) in [5, 5.41) is 4.40. The molecule has 1 unspecified atom stereocenters. The van der Waals surface area contributed by atoms with Gasteiger partial charge in [0, 0.05) is 5.25 Å². The third-order valence-corrected chi connectivity index (χ3v) is 3.81. The first kappa shape index (κ1) is 11.5. The van der Waals surface area contributed by atoms with E-state index in [9.17, 15) is 4.39 Å². The number of nitrogens with one attached hydrogen (secondary N) is 1. The van der Waals surface area contributed by atoms with Gasteiger partial charge in [0.25, 0.3) is 0 Å². The Morgan fingerprint density at radius 2 is 2.38 bits per heavy atom. The molecule has 1 atom stereocenters. The minimum absolute atomic E-state index is 0.219. The summed E-state index contributed by atoms with van der Waals surface area (Å²) in [6, 6.07) is 5.18. The molecule has 86 valence electrons. The van der Waals surface area contributed by atoms with Crippen LogP contribution in [0.15, 0.2) is 23.2 Å². The maximum Gasteiger partial charge on any atom is 0.161 e. The molecule has 0 aliphatic carbocycles. The second-order valence-electron chi connectivity index (χ2n) is 3.90. The van der Waals surface area contributed by atoms with E-state index in [1.165, 1.54) is 6.07 Å². The van der Waals surface area contributed by atoms with Crippen molar-refractivity contribution in [2.24, 2.45) is 4.99 Å². The van der Waals surface area contributed by atoms with Crippen LogP contribution >= 0.6 is 11.8 Å². The molecule has 1 aliphatic rings. The van der Waals surface area contributed by atoms with Gasteiger partial charge in [-0.25, -0.2) is 4.39 Å². The Labute approximate surface area is 99.3 Å². The highest BCUT2D eigenvalue weighted by Gasteiger charge is 2.18. The highest BCUT2D eigenvalue weighted by atomic mass is 32.2. The van der Waals surface area contributed by atoms with Gasteiger partial charge in [-0.1, -0.05) is 24.8 Å². The van der Waals surface area contributed by atoms with E-state index >= 15 is 0 Å². The number of benzene rings is 1. The number of thioether (sulfide) groups is 1. The van der Waals surface area contributed by atoms with Crippen LogP contribution in [-0.2, 0) is 0 Å². The molecule has 0 saturated carbocycles. The zero-order valence-electron chi connectivity index (χ0n) is 9.46. The predicted octanol–water partition coefficient (Wildman–Crippen LogP) is 3.43. The Morgan fingerprint density at radius 1 is 1.56 bits per heavy atom. The molecule has 1 aliphatic heterocycles. The molecule has 0 spiro atoms. The fourth-order valence-electron chi connectivity index (χ4n) is 1.54. The van der Waals surface area contributed by atoms with E-state index in [-0.39, 0.29) is 5.82 Å². The number of amidine groups is 1. The van der Waals surface area contributed by atoms with Crippen molar-refractivity contribution in [3.8, 4) is 0 Å². The number of nitrogens with zero attached hydrogens (tertiary/aromatic N) is 1. The van der Waals surface area contributed by atoms with Gasteiger partial charge in [0.1, 0.15) is 5.82 Å². The van der Waals surface area contributed by atoms with E-state index in [0.717, 1.165) is 23.7 Å². The lowest BCUT2D eigenvalue weighted by Crippen LogP contribution is -2.08. The Hall–Kier alpha value is -1.03. The van der Waals surface area contributed by atoms with E-state index in [1.54, 1.807) is 17.8 Å². The summed E-state index contributed by atoms with van der Waals surface area (Å²) in [5.41, 5.74) is 1.43. The summed E-state index contributed by atoms with van der Waals surface area (Å²) < 4.78 is 13.6. The van der Waals surface area contributed by atoms with Crippen molar-refractivity contribution < 1.29 is 4.39 Å². The molecule has 0 bridgehead atoms. The van der Waals surface area contributed by atoms with Crippen LogP contribution in [0.1, 0.15) is 18.9 Å². The normalized spacial score (nSPS) is 19.7. The smallest absolute Gasteiger partial charge is 0.161 e. The monoisotopic (exact) mass is 238 g/mol. The SMILES string of the molecule is CCC1CN=C(Nc2ccc(C)cc2F)S1. The molecule has 0 amide bonds. The van der Waals surface area contributed by atoms with Crippen LogP contribution in [0, 0.1) is 12.7 Å². The van der Waals surface area contributed by atoms with Crippen LogP contribution in [-0.4, -0.2) is 17.0 Å². The molecular formula is C12H15FN2S. The van der Waals surface area contributed by atoms with Crippen LogP contribution < -0.4 is 5.32 Å². The minimum Gasteiger partial charge on any atom is -0.333 e. The molecule has 1 N–H and O–H groups in total. The first-order valence-electron chi connectivity index (χ1n) is 5.43. The van der Waals surface area contributed by atoms with E-state index in [0.29, 0.717) is 10.9 Å². The second kappa shape index (κ2) is 4.87. The maximum absolute atomic E-state index is 13.6. The second-order valence-corrected chi connectivity index (χ2v) is 5.19. The summed E-state index contributed by atoms with van der Waals surface area (Å²) in [7, 11) is 0. The number of rotatable bonds is 2. The summed E-state index contributed by atoms with van der Waals surface area (Å²) in [4.78, 5) is 4.35. The van der Waals surface area contributed by atoms with Crippen molar-refractivity contribution >= 4 is 22.6 Å². The summed E-state index contributed by atoms with van der Waals surface area (Å²) in [6.45, 7) is 4.85. The lowest BCUT2D eigenvalue weighted by molar-refractivity contribution is 0.631. The lowest BCUT2D eigenvalue weighted by Gasteiger charge is -2.08. The zero-order valence-corrected chi connectivity index (χ0v) is 10.3. The van der Waals surface area contributed by atoms with Crippen LogP contribution in [0.4, 0.5) is 10.1 Å². The van der Waals surface area contributed by atoms with Gasteiger partial charge in [-0.2, -0.15) is 0 Å². The molecular weight excluding hydrogens is 223 g/mol. The van der Waals surface area contributed by atoms with Crippen molar-refractivity contribution in [3.05, 3.63) is 29.6 Å². The van der Waals surface area contributed by atoms with Gasteiger partial charge in [-0.15, -0.1) is 0 Å². The Kier molecular flexibility index (Phi) is 3.49. The third kappa shape index (κ3) is 2.55. The van der Waals surface area contributed by atoms with E-state index in [1.807, 2.05) is 13.0 Å². The minimum atomic E-state index is -0.219. The maximum atomic E-state index is 13.6. The number of hydrogen-bond acceptors (Lipinski definition) is 3. The van der Waals surface area contributed by atoms with Gasteiger partial charge in [-0.3, -0.25) is 4.99 Å². The number of anilines is 1. The number of aliphatic imine (C=N–C) groups is 1. The topological polar surface area (TPSA) is 24.4 Å². The molecule has 0 aromatic heterocycles. The number of hydrogen-bond donors (Lipinski definition) is 1. The van der Waals surface area contributed by atoms with Crippen molar-refractivity contribution in [2.45, 2.75) is 25.5 Å². The van der Waals surface area contributed by atoms with E-state index < -0.39 is 0 Å². The van der Waals surface area contributed by atoms with Crippen LogP contribution in [0.2, 0.25) is 0 Å². The average molecular weight is 238 g/mol. The fraction of sp³-hybridized carbons (Fsp3) is 0.417. The number of aryl methyl sites for hydroxylation is 1. The van der Waals surface area contributed by atoms with Crippen molar-refractivity contribution in [2.75, 3.05) is 11.9 Å². The van der Waals surface area contributed by atoms with Gasteiger partial charge < -0.3 is 5.32 Å². The summed E-state index contributed by atoms with van der Waals surface area (Å²) in [6.07, 6.45) is 1.09. The highest BCUT2D eigenvalue weighted by molar-refractivity contribution is 8.15. The molecule has 1 aromatic carbocycles. The van der Waals surface area contributed by atoms with E-state index in [4.69, 9.17) is 0 Å². The molecule has 0 saturated heterocycles. The summed E-state index contributed by atoms with van der Waals surface area (Å²) in [5.74, 6) is -0.219. The van der Waals surface area contributed by atoms with E-state index in [2.05, 4.69) is 17.2 Å². The van der Waals surface area contributed by atoms with Crippen LogP contribution in [0.3, 0.4) is 0 Å². The van der Waals surface area contributed by atoms with Gasteiger partial charge in [0.05, 0.1) is 12.2 Å². The molecule has 0 fully saturated rings. The number of halogens is 1. The average Bonchev–Trinajstić information content (AvgIpc) is 2.70. The predicted molar refractivity (Wildman–Crippen MR) is 68.7 cm³/mol. The van der Waals surface area contributed by atoms with Crippen LogP contribution in [0.25, 0.3) is 0 Å². The van der Waals surface area contributed by atoms with Gasteiger partial charge in [0.2, 0.25) is 0 Å². The lowest BCUT2D eigenvalue weighted by atomic mass is 10.2. The molecule has 16 heavy (non-hydrogen) atoms. The van der Waals surface area contributed by atoms with Crippen molar-refractivity contribution in [1.29, 1.82) is 0 Å². The third-order valence-electron chi connectivity index (χ3n) is 2.54. The fourth-order valence-corrected chi connectivity index (χ4v) is 2.48. The van der Waals surface area contributed by atoms with Crippen LogP contribution in [0.5, 0.6) is 0 Å². The molecule has 2 rings (SSSR count). The molecule has 2 nitrogen and oxygen atoms in total. The Balaban J connectivity index is 2.05. The van der Waals surface area contributed by atoms with Gasteiger partial charge >= 0.3 is 0 Å².